The summed E-state index contributed by atoms with van der Waals surface area (Å²) < 4.78 is 1.90. The Hall–Kier alpha value is -1.94. The molecule has 0 saturated heterocycles. The molecule has 0 fully saturated rings. The maximum absolute atomic E-state index is 6.18. The van der Waals surface area contributed by atoms with E-state index in [2.05, 4.69) is 28.2 Å². The van der Waals surface area contributed by atoms with Crippen molar-refractivity contribution in [3.63, 3.8) is 0 Å². The van der Waals surface area contributed by atoms with Crippen LogP contribution in [0.2, 0.25) is 5.28 Å². The van der Waals surface area contributed by atoms with E-state index in [1.165, 1.54) is 0 Å². The van der Waals surface area contributed by atoms with Gasteiger partial charge in [0, 0.05) is 24.2 Å². The number of rotatable bonds is 3. The molecule has 0 N–H and O–H groups in total. The lowest BCUT2D eigenvalue weighted by Crippen LogP contribution is -2.02. The molecule has 0 aliphatic carbocycles. The van der Waals surface area contributed by atoms with Gasteiger partial charge in [0.25, 0.3) is 0 Å². The molecule has 0 atom stereocenters. The first-order valence-electron chi connectivity index (χ1n) is 6.24. The SMILES string of the molecule is CCCc1nnc(Cl)n1-c1cccc2ccncc12. The van der Waals surface area contributed by atoms with Gasteiger partial charge < -0.3 is 0 Å². The molecule has 0 radical (unpaired) electrons. The summed E-state index contributed by atoms with van der Waals surface area (Å²) in [5.41, 5.74) is 0.976. The molecule has 5 heteroatoms. The molecular formula is C14H13ClN4. The normalized spacial score (nSPS) is 11.1. The third kappa shape index (κ3) is 2.08. The van der Waals surface area contributed by atoms with Crippen LogP contribution in [0.1, 0.15) is 19.2 Å². The lowest BCUT2D eigenvalue weighted by molar-refractivity contribution is 0.804. The fourth-order valence-electron chi connectivity index (χ4n) is 2.21. The molecule has 0 bridgehead atoms. The van der Waals surface area contributed by atoms with E-state index in [0.29, 0.717) is 5.28 Å². The van der Waals surface area contributed by atoms with E-state index in [0.717, 1.165) is 35.1 Å². The Labute approximate surface area is 116 Å². The van der Waals surface area contributed by atoms with Crippen LogP contribution >= 0.6 is 11.6 Å². The molecule has 3 rings (SSSR count). The van der Waals surface area contributed by atoms with Gasteiger partial charge in [-0.3, -0.25) is 9.55 Å². The second-order valence-electron chi connectivity index (χ2n) is 4.34. The molecule has 1 aromatic carbocycles. The number of nitrogens with zero attached hydrogens (tertiary/aromatic N) is 4. The number of fused-ring (bicyclic) bond motifs is 1. The van der Waals surface area contributed by atoms with Gasteiger partial charge in [0.15, 0.2) is 0 Å². The first kappa shape index (κ1) is 12.1. The highest BCUT2D eigenvalue weighted by atomic mass is 35.5. The van der Waals surface area contributed by atoms with E-state index < -0.39 is 0 Å². The molecule has 2 aromatic heterocycles. The van der Waals surface area contributed by atoms with Gasteiger partial charge in [-0.2, -0.15) is 0 Å². The van der Waals surface area contributed by atoms with Gasteiger partial charge in [0.05, 0.1) is 5.69 Å². The quantitative estimate of drug-likeness (QED) is 0.734. The topological polar surface area (TPSA) is 43.6 Å². The number of halogens is 1. The fourth-order valence-corrected chi connectivity index (χ4v) is 2.44. The van der Waals surface area contributed by atoms with Crippen molar-refractivity contribution >= 4 is 22.4 Å². The second kappa shape index (κ2) is 4.97. The van der Waals surface area contributed by atoms with Crippen molar-refractivity contribution in [2.45, 2.75) is 19.8 Å². The Morgan fingerprint density at radius 2 is 2.11 bits per heavy atom. The van der Waals surface area contributed by atoms with Crippen LogP contribution in [0, 0.1) is 0 Å². The molecule has 0 aliphatic heterocycles. The molecule has 4 nitrogen and oxygen atoms in total. The Bertz CT molecular complexity index is 715. The van der Waals surface area contributed by atoms with Gasteiger partial charge in [-0.15, -0.1) is 10.2 Å². The van der Waals surface area contributed by atoms with Crippen molar-refractivity contribution in [2.75, 3.05) is 0 Å². The number of hydrogen-bond donors (Lipinski definition) is 0. The van der Waals surface area contributed by atoms with Crippen molar-refractivity contribution < 1.29 is 0 Å². The zero-order valence-electron chi connectivity index (χ0n) is 10.5. The zero-order chi connectivity index (χ0) is 13.2. The summed E-state index contributed by atoms with van der Waals surface area (Å²) >= 11 is 6.18. The lowest BCUT2D eigenvalue weighted by Gasteiger charge is -2.10. The fraction of sp³-hybridized carbons (Fsp3) is 0.214. The second-order valence-corrected chi connectivity index (χ2v) is 4.68. The molecule has 0 saturated carbocycles. The van der Waals surface area contributed by atoms with Crippen molar-refractivity contribution in [2.24, 2.45) is 0 Å². The highest BCUT2D eigenvalue weighted by Crippen LogP contribution is 2.25. The van der Waals surface area contributed by atoms with Crippen molar-refractivity contribution in [3.05, 3.63) is 47.8 Å². The molecule has 0 unspecified atom stereocenters. The van der Waals surface area contributed by atoms with E-state index in [9.17, 15) is 0 Å². The summed E-state index contributed by atoms with van der Waals surface area (Å²) in [6, 6.07) is 8.05. The van der Waals surface area contributed by atoms with Crippen LogP contribution in [0.4, 0.5) is 0 Å². The van der Waals surface area contributed by atoms with E-state index in [4.69, 9.17) is 11.6 Å². The molecule has 0 aliphatic rings. The van der Waals surface area contributed by atoms with Gasteiger partial charge in [0.1, 0.15) is 5.82 Å². The largest absolute Gasteiger partial charge is 0.269 e. The van der Waals surface area contributed by atoms with Gasteiger partial charge in [0.2, 0.25) is 5.28 Å². The highest BCUT2D eigenvalue weighted by Gasteiger charge is 2.13. The Balaban J connectivity index is 2.27. The number of benzene rings is 1. The van der Waals surface area contributed by atoms with Crippen LogP contribution in [0.25, 0.3) is 16.5 Å². The average Bonchev–Trinajstić information content (AvgIpc) is 2.80. The Morgan fingerprint density at radius 1 is 1.21 bits per heavy atom. The molecule has 0 amide bonds. The molecule has 96 valence electrons. The molecule has 0 spiro atoms. The molecule has 3 aromatic rings. The van der Waals surface area contributed by atoms with Crippen LogP contribution < -0.4 is 0 Å². The first-order chi connectivity index (χ1) is 9.31. The average molecular weight is 273 g/mol. The summed E-state index contributed by atoms with van der Waals surface area (Å²) in [5.74, 6) is 0.879. The summed E-state index contributed by atoms with van der Waals surface area (Å²) in [6.45, 7) is 2.11. The third-order valence-electron chi connectivity index (χ3n) is 3.07. The van der Waals surface area contributed by atoms with Crippen molar-refractivity contribution in [1.82, 2.24) is 19.7 Å². The lowest BCUT2D eigenvalue weighted by atomic mass is 10.1. The van der Waals surface area contributed by atoms with Gasteiger partial charge in [-0.1, -0.05) is 19.1 Å². The number of hydrogen-bond acceptors (Lipinski definition) is 3. The number of aromatic nitrogens is 4. The third-order valence-corrected chi connectivity index (χ3v) is 3.31. The number of aryl methyl sites for hydroxylation is 1. The van der Waals surface area contributed by atoms with Crippen LogP contribution in [-0.2, 0) is 6.42 Å². The molecular weight excluding hydrogens is 260 g/mol. The maximum Gasteiger partial charge on any atom is 0.229 e. The first-order valence-corrected chi connectivity index (χ1v) is 6.62. The van der Waals surface area contributed by atoms with Crippen LogP contribution in [0.3, 0.4) is 0 Å². The van der Waals surface area contributed by atoms with E-state index in [1.54, 1.807) is 6.20 Å². The van der Waals surface area contributed by atoms with Crippen LogP contribution in [0.15, 0.2) is 36.7 Å². The van der Waals surface area contributed by atoms with Gasteiger partial charge in [-0.05, 0) is 35.5 Å². The Morgan fingerprint density at radius 3 is 2.95 bits per heavy atom. The number of pyridine rings is 1. The monoisotopic (exact) mass is 272 g/mol. The summed E-state index contributed by atoms with van der Waals surface area (Å²) in [6.07, 6.45) is 5.47. The minimum absolute atomic E-state index is 0.389. The van der Waals surface area contributed by atoms with Crippen molar-refractivity contribution in [3.8, 4) is 5.69 Å². The van der Waals surface area contributed by atoms with E-state index >= 15 is 0 Å². The van der Waals surface area contributed by atoms with E-state index in [1.807, 2.05) is 29.0 Å². The summed E-state index contributed by atoms with van der Waals surface area (Å²) in [4.78, 5) is 4.19. The molecule has 2 heterocycles. The van der Waals surface area contributed by atoms with Gasteiger partial charge >= 0.3 is 0 Å². The minimum atomic E-state index is 0.389. The highest BCUT2D eigenvalue weighted by molar-refractivity contribution is 6.28. The van der Waals surface area contributed by atoms with E-state index in [-0.39, 0.29) is 0 Å². The predicted octanol–water partition coefficient (Wildman–Crippen LogP) is 3.42. The zero-order valence-corrected chi connectivity index (χ0v) is 11.3. The van der Waals surface area contributed by atoms with Gasteiger partial charge in [-0.25, -0.2) is 0 Å². The standard InChI is InChI=1S/C14H13ClN4/c1-2-4-13-17-18-14(15)19(13)12-6-3-5-10-7-8-16-9-11(10)12/h3,5-9H,2,4H2,1H3. The minimum Gasteiger partial charge on any atom is -0.269 e. The van der Waals surface area contributed by atoms with Crippen LogP contribution in [0.5, 0.6) is 0 Å². The smallest absolute Gasteiger partial charge is 0.229 e. The Kier molecular flexibility index (Phi) is 3.17. The summed E-state index contributed by atoms with van der Waals surface area (Å²) in [7, 11) is 0. The summed E-state index contributed by atoms with van der Waals surface area (Å²) in [5, 5.41) is 10.7. The van der Waals surface area contributed by atoms with Crippen LogP contribution in [-0.4, -0.2) is 19.7 Å². The maximum atomic E-state index is 6.18. The predicted molar refractivity (Wildman–Crippen MR) is 75.7 cm³/mol. The van der Waals surface area contributed by atoms with Crippen molar-refractivity contribution in [1.29, 1.82) is 0 Å². The molecule has 19 heavy (non-hydrogen) atoms.